The Balaban J connectivity index is 1.69. The number of nitro benzene ring substituents is 2. The first kappa shape index (κ1) is 24.7. The Labute approximate surface area is 205 Å². The van der Waals surface area contributed by atoms with Crippen molar-refractivity contribution < 1.29 is 23.9 Å². The van der Waals surface area contributed by atoms with Gasteiger partial charge in [-0.05, 0) is 39.0 Å². The fourth-order valence-corrected chi connectivity index (χ4v) is 3.91. The summed E-state index contributed by atoms with van der Waals surface area (Å²) in [4.78, 5) is 40.7. The Morgan fingerprint density at radius 1 is 1.14 bits per heavy atom. The predicted molar refractivity (Wildman–Crippen MR) is 127 cm³/mol. The SMILES string of the molecule is CC(C)(C)OC(=O)N1CCNCC1c1ccc(-c2nc(-c3ccccc3[N+](=O)[O-])no2)cc1[N+](=O)[O-]. The third-order valence-electron chi connectivity index (χ3n) is 5.47. The molecule has 0 aliphatic carbocycles. The van der Waals surface area contributed by atoms with E-state index in [1.807, 2.05) is 0 Å². The lowest BCUT2D eigenvalue weighted by Crippen LogP contribution is -2.50. The maximum absolute atomic E-state index is 12.8. The zero-order valence-electron chi connectivity index (χ0n) is 19.8. The molecule has 1 atom stereocenters. The summed E-state index contributed by atoms with van der Waals surface area (Å²) in [7, 11) is 0. The van der Waals surface area contributed by atoms with Crippen molar-refractivity contribution in [2.75, 3.05) is 19.6 Å². The van der Waals surface area contributed by atoms with Gasteiger partial charge in [0.25, 0.3) is 17.3 Å². The summed E-state index contributed by atoms with van der Waals surface area (Å²) >= 11 is 0. The van der Waals surface area contributed by atoms with Crippen molar-refractivity contribution in [3.8, 4) is 22.8 Å². The van der Waals surface area contributed by atoms with Gasteiger partial charge in [-0.15, -0.1) is 0 Å². The minimum Gasteiger partial charge on any atom is -0.444 e. The van der Waals surface area contributed by atoms with Gasteiger partial charge in [-0.25, -0.2) is 4.79 Å². The van der Waals surface area contributed by atoms with Crippen molar-refractivity contribution in [3.63, 3.8) is 0 Å². The molecule has 0 saturated carbocycles. The molecular weight excluding hydrogens is 472 g/mol. The van der Waals surface area contributed by atoms with Crippen LogP contribution in [0.5, 0.6) is 0 Å². The van der Waals surface area contributed by atoms with Crippen LogP contribution in [-0.2, 0) is 4.74 Å². The number of aromatic nitrogens is 2. The van der Waals surface area contributed by atoms with Crippen molar-refractivity contribution in [2.45, 2.75) is 32.4 Å². The van der Waals surface area contributed by atoms with E-state index in [0.29, 0.717) is 25.2 Å². The Bertz CT molecular complexity index is 1320. The molecule has 1 unspecified atom stereocenters. The lowest BCUT2D eigenvalue weighted by molar-refractivity contribution is -0.385. The molecule has 2 aromatic carbocycles. The van der Waals surface area contributed by atoms with E-state index in [9.17, 15) is 25.0 Å². The van der Waals surface area contributed by atoms with E-state index in [-0.39, 0.29) is 34.2 Å². The molecule has 0 spiro atoms. The number of nitrogens with one attached hydrogen (secondary N) is 1. The third kappa shape index (κ3) is 5.15. The molecule has 13 heteroatoms. The fourth-order valence-electron chi connectivity index (χ4n) is 3.91. The largest absolute Gasteiger partial charge is 0.444 e. The molecule has 1 amide bonds. The molecule has 188 valence electrons. The van der Waals surface area contributed by atoms with Gasteiger partial charge in [-0.2, -0.15) is 4.98 Å². The highest BCUT2D eigenvalue weighted by Crippen LogP contribution is 2.35. The standard InChI is InChI=1S/C23H24N6O7/c1-23(2,3)35-22(30)27-11-10-24-13-19(27)15-9-8-14(12-18(15)29(33)34)21-25-20(26-36-21)16-6-4-5-7-17(16)28(31)32/h4-9,12,19,24H,10-11,13H2,1-3H3. The number of nitrogens with zero attached hydrogens (tertiary/aromatic N) is 5. The first-order valence-electron chi connectivity index (χ1n) is 11.1. The Morgan fingerprint density at radius 3 is 2.56 bits per heavy atom. The fraction of sp³-hybridized carbons (Fsp3) is 0.348. The van der Waals surface area contributed by atoms with E-state index < -0.39 is 27.6 Å². The van der Waals surface area contributed by atoms with Crippen LogP contribution in [0.2, 0.25) is 0 Å². The molecular formula is C23H24N6O7. The lowest BCUT2D eigenvalue weighted by Gasteiger charge is -2.37. The summed E-state index contributed by atoms with van der Waals surface area (Å²) in [6, 6.07) is 9.69. The molecule has 1 aliphatic heterocycles. The molecule has 3 aromatic rings. The number of carbonyl (C=O) groups excluding carboxylic acids is 1. The highest BCUT2D eigenvalue weighted by Gasteiger charge is 2.35. The van der Waals surface area contributed by atoms with Gasteiger partial charge in [0.2, 0.25) is 5.82 Å². The van der Waals surface area contributed by atoms with Gasteiger partial charge < -0.3 is 14.6 Å². The average Bonchev–Trinajstić information content (AvgIpc) is 3.33. The quantitative estimate of drug-likeness (QED) is 0.401. The van der Waals surface area contributed by atoms with Crippen molar-refractivity contribution in [2.24, 2.45) is 0 Å². The topological polar surface area (TPSA) is 167 Å². The smallest absolute Gasteiger partial charge is 0.410 e. The molecule has 4 rings (SSSR count). The third-order valence-corrected chi connectivity index (χ3v) is 5.47. The first-order chi connectivity index (χ1) is 17.0. The molecule has 2 heterocycles. The second kappa shape index (κ2) is 9.70. The number of rotatable bonds is 5. The maximum Gasteiger partial charge on any atom is 0.410 e. The van der Waals surface area contributed by atoms with Gasteiger partial charge >= 0.3 is 6.09 Å². The van der Waals surface area contributed by atoms with Gasteiger partial charge in [0.05, 0.1) is 21.5 Å². The van der Waals surface area contributed by atoms with Crippen LogP contribution >= 0.6 is 0 Å². The van der Waals surface area contributed by atoms with Gasteiger partial charge in [0, 0.05) is 37.3 Å². The minimum absolute atomic E-state index is 0.0170. The predicted octanol–water partition coefficient (Wildman–Crippen LogP) is 4.10. The number of nitro groups is 2. The molecule has 36 heavy (non-hydrogen) atoms. The summed E-state index contributed by atoms with van der Waals surface area (Å²) in [6.45, 7) is 6.41. The Hall–Kier alpha value is -4.39. The monoisotopic (exact) mass is 496 g/mol. The van der Waals surface area contributed by atoms with Crippen LogP contribution in [0.15, 0.2) is 47.0 Å². The van der Waals surface area contributed by atoms with Gasteiger partial charge in [-0.1, -0.05) is 17.3 Å². The van der Waals surface area contributed by atoms with Gasteiger partial charge in [-0.3, -0.25) is 25.1 Å². The molecule has 0 radical (unpaired) electrons. The van der Waals surface area contributed by atoms with Crippen LogP contribution in [0.4, 0.5) is 16.2 Å². The first-order valence-corrected chi connectivity index (χ1v) is 11.1. The van der Waals surface area contributed by atoms with Crippen LogP contribution in [0.25, 0.3) is 22.8 Å². The molecule has 1 saturated heterocycles. The summed E-state index contributed by atoms with van der Waals surface area (Å²) in [5.41, 5.74) is -0.412. The van der Waals surface area contributed by atoms with Crippen LogP contribution in [0.3, 0.4) is 0 Å². The molecule has 1 aliphatic rings. The van der Waals surface area contributed by atoms with E-state index >= 15 is 0 Å². The number of hydrogen-bond donors (Lipinski definition) is 1. The van der Waals surface area contributed by atoms with Crippen molar-refractivity contribution >= 4 is 17.5 Å². The Kier molecular flexibility index (Phi) is 6.66. The summed E-state index contributed by atoms with van der Waals surface area (Å²) in [5.74, 6) is -0.0554. The highest BCUT2D eigenvalue weighted by molar-refractivity contribution is 5.71. The van der Waals surface area contributed by atoms with Crippen LogP contribution < -0.4 is 5.32 Å². The Morgan fingerprint density at radius 2 is 1.86 bits per heavy atom. The summed E-state index contributed by atoms with van der Waals surface area (Å²) < 4.78 is 10.8. The van der Waals surface area contributed by atoms with Crippen LogP contribution in [0, 0.1) is 20.2 Å². The zero-order valence-corrected chi connectivity index (χ0v) is 19.8. The summed E-state index contributed by atoms with van der Waals surface area (Å²) in [6.07, 6.45) is -0.557. The maximum atomic E-state index is 12.8. The van der Waals surface area contributed by atoms with E-state index in [4.69, 9.17) is 9.26 Å². The average molecular weight is 496 g/mol. The molecule has 1 aromatic heterocycles. The van der Waals surface area contributed by atoms with Gasteiger partial charge in [0.15, 0.2) is 0 Å². The molecule has 0 bridgehead atoms. The van der Waals surface area contributed by atoms with Crippen LogP contribution in [0.1, 0.15) is 32.4 Å². The minimum atomic E-state index is -0.716. The van der Waals surface area contributed by atoms with Crippen LogP contribution in [-0.4, -0.2) is 56.2 Å². The highest BCUT2D eigenvalue weighted by atomic mass is 16.6. The zero-order chi connectivity index (χ0) is 26.0. The van der Waals surface area contributed by atoms with E-state index in [1.54, 1.807) is 32.9 Å². The van der Waals surface area contributed by atoms with Crippen molar-refractivity contribution in [1.29, 1.82) is 0 Å². The summed E-state index contributed by atoms with van der Waals surface area (Å²) in [5, 5.41) is 30.3. The number of hydrogen-bond acceptors (Lipinski definition) is 10. The van der Waals surface area contributed by atoms with E-state index in [1.165, 1.54) is 35.2 Å². The number of piperazine rings is 1. The van der Waals surface area contributed by atoms with E-state index in [2.05, 4.69) is 15.5 Å². The molecule has 13 nitrogen and oxygen atoms in total. The molecule has 1 fully saturated rings. The normalized spacial score (nSPS) is 16.0. The van der Waals surface area contributed by atoms with Crippen molar-refractivity contribution in [3.05, 3.63) is 68.3 Å². The number of carbonyl (C=O) groups is 1. The second-order valence-electron chi connectivity index (χ2n) is 9.12. The number of benzene rings is 2. The lowest BCUT2D eigenvalue weighted by atomic mass is 9.99. The van der Waals surface area contributed by atoms with Gasteiger partial charge in [0.1, 0.15) is 11.2 Å². The number of para-hydroxylation sites is 1. The second-order valence-corrected chi connectivity index (χ2v) is 9.12. The van der Waals surface area contributed by atoms with Crippen molar-refractivity contribution in [1.82, 2.24) is 20.4 Å². The van der Waals surface area contributed by atoms with E-state index in [0.717, 1.165) is 0 Å². The number of ether oxygens (including phenoxy) is 1. The number of amides is 1. The molecule has 1 N–H and O–H groups in total.